The van der Waals surface area contributed by atoms with Crippen LogP contribution >= 0.6 is 0 Å². The summed E-state index contributed by atoms with van der Waals surface area (Å²) in [6.45, 7) is 6.28. The third-order valence-electron chi connectivity index (χ3n) is 8.82. The molecule has 0 aromatic heterocycles. The quantitative estimate of drug-likeness (QED) is 0.0579. The predicted octanol–water partition coefficient (Wildman–Crippen LogP) is 13.0. The van der Waals surface area contributed by atoms with Crippen molar-refractivity contribution < 1.29 is 9.90 Å². The fourth-order valence-corrected chi connectivity index (χ4v) is 6.06. The largest absolute Gasteiger partial charge is 0.464 e. The van der Waals surface area contributed by atoms with Crippen molar-refractivity contribution in [3.63, 3.8) is 0 Å². The summed E-state index contributed by atoms with van der Waals surface area (Å²) in [7, 11) is 0. The van der Waals surface area contributed by atoms with Crippen molar-refractivity contribution in [1.82, 2.24) is 10.4 Å². The minimum Gasteiger partial charge on any atom is -0.464 e. The number of nitrogens with one attached hydrogen (secondary N) is 1. The maximum absolute atomic E-state index is 11.2. The fraction of sp³-hybridized carbons (Fsp3) is 0.973. The average molecular weight is 581 g/mol. The summed E-state index contributed by atoms with van der Waals surface area (Å²) in [5.74, 6) is 0. The first-order valence-corrected chi connectivity index (χ1v) is 18.9. The second-order valence-electron chi connectivity index (χ2n) is 13.0. The number of unbranched alkanes of at least 4 members (excludes halogenated alkanes) is 30. The van der Waals surface area contributed by atoms with Crippen LogP contribution in [0.4, 0.5) is 4.79 Å². The SMILES string of the molecule is CCCCCCCCCCCCCCCCCCN(CCCCCCCCCCCCCCCCCC)NC(=O)O. The van der Waals surface area contributed by atoms with Gasteiger partial charge in [-0.3, -0.25) is 5.43 Å². The van der Waals surface area contributed by atoms with Gasteiger partial charge in [0.1, 0.15) is 0 Å². The number of rotatable bonds is 35. The van der Waals surface area contributed by atoms with Gasteiger partial charge >= 0.3 is 6.09 Å². The van der Waals surface area contributed by atoms with Crippen LogP contribution in [0.5, 0.6) is 0 Å². The molecule has 0 spiro atoms. The van der Waals surface area contributed by atoms with Crippen LogP contribution in [0.1, 0.15) is 219 Å². The van der Waals surface area contributed by atoms with Crippen LogP contribution in [0.2, 0.25) is 0 Å². The molecule has 1 amide bonds. The zero-order valence-corrected chi connectivity index (χ0v) is 28.3. The van der Waals surface area contributed by atoms with E-state index in [1.807, 2.05) is 5.01 Å². The van der Waals surface area contributed by atoms with Gasteiger partial charge in [-0.2, -0.15) is 0 Å². The standard InChI is InChI=1S/C37H76N2O2/c1-3-5-7-9-11-13-15-17-19-21-23-25-27-29-31-33-35-39(38-37(40)41)36-34-32-30-28-26-24-22-20-18-16-14-12-10-8-6-4-2/h38H,3-36H2,1-2H3,(H,40,41). The van der Waals surface area contributed by atoms with Crippen molar-refractivity contribution in [2.24, 2.45) is 0 Å². The van der Waals surface area contributed by atoms with Crippen molar-refractivity contribution in [2.75, 3.05) is 13.1 Å². The number of nitrogens with zero attached hydrogens (tertiary/aromatic N) is 1. The predicted molar refractivity (Wildman–Crippen MR) is 182 cm³/mol. The number of hydrogen-bond acceptors (Lipinski definition) is 2. The Morgan fingerprint density at radius 2 is 0.585 bits per heavy atom. The maximum atomic E-state index is 11.2. The van der Waals surface area contributed by atoms with E-state index in [1.165, 1.54) is 193 Å². The lowest BCUT2D eigenvalue weighted by Crippen LogP contribution is -2.42. The highest BCUT2D eigenvalue weighted by Crippen LogP contribution is 2.15. The van der Waals surface area contributed by atoms with Gasteiger partial charge in [-0.25, -0.2) is 9.80 Å². The highest BCUT2D eigenvalue weighted by atomic mass is 16.4. The molecule has 41 heavy (non-hydrogen) atoms. The number of hydrazine groups is 1. The number of hydrogen-bond donors (Lipinski definition) is 2. The summed E-state index contributed by atoms with van der Waals surface area (Å²) in [4.78, 5) is 11.2. The molecule has 0 aromatic carbocycles. The topological polar surface area (TPSA) is 52.6 Å². The van der Waals surface area contributed by atoms with Gasteiger partial charge in [0.15, 0.2) is 0 Å². The summed E-state index contributed by atoms with van der Waals surface area (Å²) in [5, 5.41) is 11.1. The minimum atomic E-state index is -0.919. The Bertz CT molecular complexity index is 463. The van der Waals surface area contributed by atoms with Crippen molar-refractivity contribution in [2.45, 2.75) is 219 Å². The number of amides is 1. The highest BCUT2D eigenvalue weighted by Gasteiger charge is 2.07. The molecule has 0 heterocycles. The van der Waals surface area contributed by atoms with E-state index in [4.69, 9.17) is 0 Å². The van der Waals surface area contributed by atoms with Gasteiger partial charge in [-0.05, 0) is 12.8 Å². The Kier molecular flexibility index (Phi) is 34.8. The van der Waals surface area contributed by atoms with E-state index in [-0.39, 0.29) is 0 Å². The highest BCUT2D eigenvalue weighted by molar-refractivity contribution is 5.63. The van der Waals surface area contributed by atoms with Gasteiger partial charge in [0.25, 0.3) is 0 Å². The summed E-state index contributed by atoms with van der Waals surface area (Å²) in [6, 6.07) is 0. The minimum absolute atomic E-state index is 0.851. The van der Waals surface area contributed by atoms with E-state index in [9.17, 15) is 9.90 Å². The van der Waals surface area contributed by atoms with Crippen molar-refractivity contribution in [3.8, 4) is 0 Å². The van der Waals surface area contributed by atoms with E-state index >= 15 is 0 Å². The molecule has 0 saturated carbocycles. The van der Waals surface area contributed by atoms with Crippen LogP contribution < -0.4 is 5.43 Å². The molecule has 4 nitrogen and oxygen atoms in total. The summed E-state index contributed by atoms with van der Waals surface area (Å²) in [5.41, 5.74) is 2.63. The zero-order valence-electron chi connectivity index (χ0n) is 28.3. The van der Waals surface area contributed by atoms with E-state index in [0.29, 0.717) is 0 Å². The molecular formula is C37H76N2O2. The van der Waals surface area contributed by atoms with Gasteiger partial charge in [0, 0.05) is 13.1 Å². The van der Waals surface area contributed by atoms with Gasteiger partial charge in [0.2, 0.25) is 0 Å². The van der Waals surface area contributed by atoms with Crippen LogP contribution in [-0.2, 0) is 0 Å². The summed E-state index contributed by atoms with van der Waals surface area (Å²) < 4.78 is 0. The maximum Gasteiger partial charge on any atom is 0.419 e. The van der Waals surface area contributed by atoms with Crippen molar-refractivity contribution >= 4 is 6.09 Å². The molecule has 0 bridgehead atoms. The zero-order chi connectivity index (χ0) is 29.9. The Labute approximate surface area is 258 Å². The van der Waals surface area contributed by atoms with Crippen molar-refractivity contribution in [3.05, 3.63) is 0 Å². The van der Waals surface area contributed by atoms with Gasteiger partial charge in [-0.1, -0.05) is 206 Å². The van der Waals surface area contributed by atoms with Crippen LogP contribution in [0.3, 0.4) is 0 Å². The molecule has 0 rings (SSSR count). The lowest BCUT2D eigenvalue weighted by Gasteiger charge is -2.21. The number of carboxylic acid groups (broad SMARTS) is 1. The molecule has 0 unspecified atom stereocenters. The Morgan fingerprint density at radius 3 is 0.780 bits per heavy atom. The second kappa shape index (κ2) is 35.4. The first-order chi connectivity index (χ1) is 20.2. The molecule has 0 fully saturated rings. The molecule has 0 aliphatic rings. The van der Waals surface area contributed by atoms with Crippen LogP contribution in [0.25, 0.3) is 0 Å². The molecule has 4 heteroatoms. The molecule has 0 saturated heterocycles. The van der Waals surface area contributed by atoms with Crippen molar-refractivity contribution in [1.29, 1.82) is 0 Å². The first kappa shape index (κ1) is 40.2. The molecule has 0 aromatic rings. The Morgan fingerprint density at radius 1 is 0.390 bits per heavy atom. The number of carbonyl (C=O) groups is 1. The molecule has 0 radical (unpaired) electrons. The van der Waals surface area contributed by atoms with Gasteiger partial charge in [-0.15, -0.1) is 0 Å². The first-order valence-electron chi connectivity index (χ1n) is 18.9. The van der Waals surface area contributed by atoms with Crippen LogP contribution in [0, 0.1) is 0 Å². The van der Waals surface area contributed by atoms with E-state index < -0.39 is 6.09 Å². The lowest BCUT2D eigenvalue weighted by molar-refractivity contribution is 0.135. The van der Waals surface area contributed by atoms with Crippen LogP contribution in [-0.4, -0.2) is 29.3 Å². The summed E-state index contributed by atoms with van der Waals surface area (Å²) in [6.07, 6.45) is 42.9. The Hall–Kier alpha value is -0.770. The molecular weight excluding hydrogens is 504 g/mol. The molecule has 0 aliphatic carbocycles. The molecule has 0 atom stereocenters. The lowest BCUT2D eigenvalue weighted by atomic mass is 10.0. The molecule has 246 valence electrons. The third-order valence-corrected chi connectivity index (χ3v) is 8.82. The van der Waals surface area contributed by atoms with E-state index in [0.717, 1.165) is 25.9 Å². The monoisotopic (exact) mass is 581 g/mol. The van der Waals surface area contributed by atoms with Crippen LogP contribution in [0.15, 0.2) is 0 Å². The smallest absolute Gasteiger partial charge is 0.419 e. The van der Waals surface area contributed by atoms with E-state index in [1.54, 1.807) is 0 Å². The Balaban J connectivity index is 3.46. The fourth-order valence-electron chi connectivity index (χ4n) is 6.06. The van der Waals surface area contributed by atoms with Gasteiger partial charge in [0.05, 0.1) is 0 Å². The van der Waals surface area contributed by atoms with Gasteiger partial charge < -0.3 is 5.11 Å². The molecule has 2 N–H and O–H groups in total. The third kappa shape index (κ3) is 35.3. The average Bonchev–Trinajstić information content (AvgIpc) is 2.96. The second-order valence-corrected chi connectivity index (χ2v) is 13.0. The van der Waals surface area contributed by atoms with E-state index in [2.05, 4.69) is 19.3 Å². The summed E-state index contributed by atoms with van der Waals surface area (Å²) >= 11 is 0. The molecule has 0 aliphatic heterocycles. The normalized spacial score (nSPS) is 11.5.